The van der Waals surface area contributed by atoms with E-state index in [-0.39, 0.29) is 5.92 Å². The van der Waals surface area contributed by atoms with Crippen LogP contribution in [0.15, 0.2) is 168 Å². The molecule has 1 aliphatic rings. The molecule has 0 fully saturated rings. The van der Waals surface area contributed by atoms with Crippen molar-refractivity contribution in [1.29, 1.82) is 0 Å². The second-order valence-corrected chi connectivity index (χ2v) is 13.1. The number of fused-ring (bicyclic) bond motifs is 6. The summed E-state index contributed by atoms with van der Waals surface area (Å²) in [6.45, 7) is 0. The van der Waals surface area contributed by atoms with Crippen LogP contribution < -0.4 is 0 Å². The molecule has 240 valence electrons. The zero-order valence-electron chi connectivity index (χ0n) is 27.7. The molecule has 2 aromatic heterocycles. The van der Waals surface area contributed by atoms with Crippen molar-refractivity contribution < 1.29 is 4.42 Å². The number of hydrogen-bond donors (Lipinski definition) is 0. The molecular weight excluding hydrogens is 623 g/mol. The van der Waals surface area contributed by atoms with Gasteiger partial charge in [-0.25, -0.2) is 15.0 Å². The maximum Gasteiger partial charge on any atom is 0.164 e. The van der Waals surface area contributed by atoms with Crippen molar-refractivity contribution in [1.82, 2.24) is 15.0 Å². The summed E-state index contributed by atoms with van der Waals surface area (Å²) in [7, 11) is 0. The Morgan fingerprint density at radius 2 is 1.10 bits per heavy atom. The van der Waals surface area contributed by atoms with Crippen LogP contribution in [0, 0.1) is 0 Å². The average Bonchev–Trinajstić information content (AvgIpc) is 3.60. The third kappa shape index (κ3) is 5.12. The fourth-order valence-corrected chi connectivity index (χ4v) is 7.57. The van der Waals surface area contributed by atoms with Gasteiger partial charge in [0.15, 0.2) is 17.5 Å². The Labute approximate surface area is 295 Å². The molecule has 0 amide bonds. The van der Waals surface area contributed by atoms with Gasteiger partial charge >= 0.3 is 0 Å². The van der Waals surface area contributed by atoms with Gasteiger partial charge in [-0.1, -0.05) is 152 Å². The lowest BCUT2D eigenvalue weighted by Gasteiger charge is -2.17. The van der Waals surface area contributed by atoms with E-state index < -0.39 is 0 Å². The van der Waals surface area contributed by atoms with Crippen LogP contribution in [-0.4, -0.2) is 15.0 Å². The van der Waals surface area contributed by atoms with Gasteiger partial charge < -0.3 is 4.42 Å². The number of rotatable bonds is 5. The van der Waals surface area contributed by atoms with Crippen molar-refractivity contribution in [2.45, 2.75) is 12.3 Å². The Bertz CT molecular complexity index is 2770. The zero-order valence-corrected chi connectivity index (χ0v) is 27.7. The second kappa shape index (κ2) is 12.0. The van der Waals surface area contributed by atoms with Gasteiger partial charge in [-0.05, 0) is 62.9 Å². The summed E-state index contributed by atoms with van der Waals surface area (Å²) in [4.78, 5) is 15.3. The molecule has 9 aromatic rings. The largest absolute Gasteiger partial charge is 0.460 e. The van der Waals surface area contributed by atoms with Crippen molar-refractivity contribution in [3.05, 3.63) is 181 Å². The first-order chi connectivity index (χ1) is 25.3. The van der Waals surface area contributed by atoms with Gasteiger partial charge in [0.1, 0.15) is 11.3 Å². The molecule has 0 N–H and O–H groups in total. The zero-order chi connectivity index (χ0) is 33.7. The third-order valence-corrected chi connectivity index (χ3v) is 10.1. The van der Waals surface area contributed by atoms with Crippen LogP contribution in [0.2, 0.25) is 0 Å². The van der Waals surface area contributed by atoms with E-state index in [0.717, 1.165) is 50.8 Å². The predicted octanol–water partition coefficient (Wildman–Crippen LogP) is 12.1. The lowest BCUT2D eigenvalue weighted by molar-refractivity contribution is 0.517. The molecule has 2 heterocycles. The highest BCUT2D eigenvalue weighted by molar-refractivity contribution is 6.09. The Kier molecular flexibility index (Phi) is 6.91. The molecule has 4 nitrogen and oxygen atoms in total. The molecule has 0 spiro atoms. The van der Waals surface area contributed by atoms with Crippen molar-refractivity contribution in [3.8, 4) is 45.3 Å². The Morgan fingerprint density at radius 1 is 0.490 bits per heavy atom. The van der Waals surface area contributed by atoms with E-state index in [1.54, 1.807) is 0 Å². The molecule has 1 aliphatic carbocycles. The number of nitrogens with zero attached hydrogens (tertiary/aromatic N) is 3. The van der Waals surface area contributed by atoms with Gasteiger partial charge in [-0.2, -0.15) is 0 Å². The lowest BCUT2D eigenvalue weighted by Crippen LogP contribution is -2.03. The predicted molar refractivity (Wildman–Crippen MR) is 208 cm³/mol. The summed E-state index contributed by atoms with van der Waals surface area (Å²) in [6, 6.07) is 55.1. The molecule has 4 heteroatoms. The maximum atomic E-state index is 6.64. The van der Waals surface area contributed by atoms with Crippen LogP contribution in [0.25, 0.3) is 83.9 Å². The number of furan rings is 1. The summed E-state index contributed by atoms with van der Waals surface area (Å²) in [5.41, 5.74) is 8.41. The second-order valence-electron chi connectivity index (χ2n) is 13.1. The minimum absolute atomic E-state index is 0.152. The van der Waals surface area contributed by atoms with Crippen molar-refractivity contribution >= 4 is 38.6 Å². The topological polar surface area (TPSA) is 51.8 Å². The first-order valence-electron chi connectivity index (χ1n) is 17.4. The van der Waals surface area contributed by atoms with E-state index >= 15 is 0 Å². The Balaban J connectivity index is 1.12. The standard InChI is InChI=1S/C47H31N3O/c1-4-12-30(13-5-1)33-24-26-37-34(28-33)22-23-35-29-36(25-27-38(35)37)46-48-45(32-16-8-3-9-17-32)49-47(50-46)41-20-11-21-42-43(41)40-19-10-18-39(44(40)51-42)31-14-6-2-7-15-31/h1-17,19-29,39H,18H2. The Hall–Kier alpha value is -6.65. The van der Waals surface area contributed by atoms with Gasteiger partial charge in [-0.15, -0.1) is 0 Å². The number of allylic oxidation sites excluding steroid dienone is 1. The molecule has 0 saturated carbocycles. The number of hydrogen-bond acceptors (Lipinski definition) is 4. The highest BCUT2D eigenvalue weighted by Gasteiger charge is 2.27. The summed E-state index contributed by atoms with van der Waals surface area (Å²) in [5, 5.41) is 5.80. The van der Waals surface area contributed by atoms with Crippen LogP contribution in [0.1, 0.15) is 29.2 Å². The molecular formula is C47H31N3O. The molecule has 1 unspecified atom stereocenters. The average molecular weight is 654 g/mol. The smallest absolute Gasteiger partial charge is 0.164 e. The first kappa shape index (κ1) is 29.3. The molecule has 1 atom stereocenters. The molecule has 0 saturated heterocycles. The highest BCUT2D eigenvalue weighted by Crippen LogP contribution is 2.44. The molecule has 7 aromatic carbocycles. The molecule has 51 heavy (non-hydrogen) atoms. The minimum atomic E-state index is 0.152. The van der Waals surface area contributed by atoms with Crippen LogP contribution in [0.5, 0.6) is 0 Å². The fraction of sp³-hybridized carbons (Fsp3) is 0.0426. The van der Waals surface area contributed by atoms with Gasteiger partial charge in [-0.3, -0.25) is 0 Å². The van der Waals surface area contributed by atoms with E-state index in [0.29, 0.717) is 17.5 Å². The summed E-state index contributed by atoms with van der Waals surface area (Å²) < 4.78 is 6.64. The van der Waals surface area contributed by atoms with Crippen LogP contribution in [0.3, 0.4) is 0 Å². The van der Waals surface area contributed by atoms with Gasteiger partial charge in [0.05, 0.1) is 0 Å². The Morgan fingerprint density at radius 3 is 1.82 bits per heavy atom. The summed E-state index contributed by atoms with van der Waals surface area (Å²) in [6.07, 6.45) is 5.34. The van der Waals surface area contributed by atoms with Crippen LogP contribution >= 0.6 is 0 Å². The van der Waals surface area contributed by atoms with E-state index in [9.17, 15) is 0 Å². The minimum Gasteiger partial charge on any atom is -0.460 e. The van der Waals surface area contributed by atoms with Crippen molar-refractivity contribution in [3.63, 3.8) is 0 Å². The third-order valence-electron chi connectivity index (χ3n) is 10.1. The van der Waals surface area contributed by atoms with E-state index in [1.165, 1.54) is 32.8 Å². The van der Waals surface area contributed by atoms with E-state index in [2.05, 4.69) is 127 Å². The summed E-state index contributed by atoms with van der Waals surface area (Å²) in [5.74, 6) is 3.03. The van der Waals surface area contributed by atoms with Crippen molar-refractivity contribution in [2.24, 2.45) is 0 Å². The van der Waals surface area contributed by atoms with Crippen LogP contribution in [0.4, 0.5) is 0 Å². The van der Waals surface area contributed by atoms with Gasteiger partial charge in [0.25, 0.3) is 0 Å². The number of benzene rings is 7. The van der Waals surface area contributed by atoms with E-state index in [4.69, 9.17) is 19.4 Å². The fourth-order valence-electron chi connectivity index (χ4n) is 7.57. The molecule has 0 bridgehead atoms. The normalized spacial score (nSPS) is 13.9. The number of aromatic nitrogens is 3. The lowest BCUT2D eigenvalue weighted by atomic mass is 9.86. The van der Waals surface area contributed by atoms with Gasteiger partial charge in [0, 0.05) is 33.6 Å². The van der Waals surface area contributed by atoms with Crippen LogP contribution in [-0.2, 0) is 0 Å². The monoisotopic (exact) mass is 653 g/mol. The van der Waals surface area contributed by atoms with E-state index in [1.807, 2.05) is 42.5 Å². The molecule has 0 radical (unpaired) electrons. The molecule has 10 rings (SSSR count). The molecule has 0 aliphatic heterocycles. The van der Waals surface area contributed by atoms with Crippen molar-refractivity contribution in [2.75, 3.05) is 0 Å². The first-order valence-corrected chi connectivity index (χ1v) is 17.4. The maximum absolute atomic E-state index is 6.64. The van der Waals surface area contributed by atoms with Gasteiger partial charge in [0.2, 0.25) is 0 Å². The summed E-state index contributed by atoms with van der Waals surface area (Å²) >= 11 is 0. The SMILES string of the molecule is C1=Cc2c(oc3cccc(-c4nc(-c5ccccc5)nc(-c5ccc6c(ccc7cc(-c8ccccc8)ccc76)c5)n4)c23)C(c2ccccc2)C1. The highest BCUT2D eigenvalue weighted by atomic mass is 16.3. The quantitative estimate of drug-likeness (QED) is 0.173.